The van der Waals surface area contributed by atoms with Crippen molar-refractivity contribution in [3.63, 3.8) is 0 Å². The van der Waals surface area contributed by atoms with Crippen LogP contribution in [0.2, 0.25) is 5.02 Å². The standard InChI is InChI=1S/C23H32ClNO2/c1-22(2,3)16-23(4,5)25-14-18-9-12-20(21(13-18)26-6)27-15-17-7-10-19(24)11-8-17/h7-13,25H,14-16H2,1-6H3. The topological polar surface area (TPSA) is 30.5 Å². The molecule has 0 aliphatic carbocycles. The quantitative estimate of drug-likeness (QED) is 0.580. The van der Waals surface area contributed by atoms with Crippen LogP contribution in [0.3, 0.4) is 0 Å². The Morgan fingerprint density at radius 1 is 0.889 bits per heavy atom. The van der Waals surface area contributed by atoms with E-state index >= 15 is 0 Å². The minimum Gasteiger partial charge on any atom is -0.493 e. The first-order valence-electron chi connectivity index (χ1n) is 9.37. The second kappa shape index (κ2) is 8.99. The fourth-order valence-corrected chi connectivity index (χ4v) is 3.54. The maximum absolute atomic E-state index is 5.93. The molecule has 0 aliphatic rings. The molecule has 3 nitrogen and oxygen atoms in total. The molecule has 0 spiro atoms. The summed E-state index contributed by atoms with van der Waals surface area (Å²) in [5, 5.41) is 4.38. The molecule has 0 aliphatic heterocycles. The Labute approximate surface area is 169 Å². The van der Waals surface area contributed by atoms with Gasteiger partial charge in [-0.15, -0.1) is 0 Å². The summed E-state index contributed by atoms with van der Waals surface area (Å²) in [5.74, 6) is 1.49. The minimum atomic E-state index is 0.0647. The Bertz CT molecular complexity index is 733. The summed E-state index contributed by atoms with van der Waals surface area (Å²) >= 11 is 5.92. The van der Waals surface area contributed by atoms with Gasteiger partial charge in [0.15, 0.2) is 11.5 Å². The van der Waals surface area contributed by atoms with E-state index in [0.717, 1.165) is 35.1 Å². The van der Waals surface area contributed by atoms with Gasteiger partial charge in [0.25, 0.3) is 0 Å². The van der Waals surface area contributed by atoms with Gasteiger partial charge in [-0.1, -0.05) is 50.6 Å². The van der Waals surface area contributed by atoms with Gasteiger partial charge >= 0.3 is 0 Å². The van der Waals surface area contributed by atoms with Gasteiger partial charge in [-0.2, -0.15) is 0 Å². The van der Waals surface area contributed by atoms with Crippen LogP contribution in [0.25, 0.3) is 0 Å². The normalized spacial score (nSPS) is 12.1. The molecule has 0 unspecified atom stereocenters. The molecule has 4 heteroatoms. The van der Waals surface area contributed by atoms with Crippen molar-refractivity contribution in [3.8, 4) is 11.5 Å². The monoisotopic (exact) mass is 389 g/mol. The number of rotatable bonds is 8. The van der Waals surface area contributed by atoms with E-state index in [2.05, 4.69) is 46.0 Å². The second-order valence-corrected chi connectivity index (χ2v) is 9.31. The lowest BCUT2D eigenvalue weighted by molar-refractivity contribution is 0.240. The second-order valence-electron chi connectivity index (χ2n) is 8.88. The molecule has 0 heterocycles. The summed E-state index contributed by atoms with van der Waals surface area (Å²) in [6, 6.07) is 13.8. The Hall–Kier alpha value is -1.71. The first kappa shape index (κ1) is 21.6. The fourth-order valence-electron chi connectivity index (χ4n) is 3.41. The number of hydrogen-bond donors (Lipinski definition) is 1. The largest absolute Gasteiger partial charge is 0.493 e. The predicted molar refractivity (Wildman–Crippen MR) is 114 cm³/mol. The minimum absolute atomic E-state index is 0.0647. The Balaban J connectivity index is 1.99. The van der Waals surface area contributed by atoms with E-state index in [9.17, 15) is 0 Å². The van der Waals surface area contributed by atoms with Gasteiger partial charge in [0.2, 0.25) is 0 Å². The summed E-state index contributed by atoms with van der Waals surface area (Å²) in [6.45, 7) is 12.6. The van der Waals surface area contributed by atoms with Gasteiger partial charge in [-0.05, 0) is 61.1 Å². The molecule has 2 rings (SSSR count). The molecule has 0 fully saturated rings. The zero-order chi connectivity index (χ0) is 20.1. The van der Waals surface area contributed by atoms with E-state index in [1.165, 1.54) is 5.56 Å². The number of ether oxygens (including phenoxy) is 2. The van der Waals surface area contributed by atoms with Crippen molar-refractivity contribution in [1.29, 1.82) is 0 Å². The van der Waals surface area contributed by atoms with Crippen LogP contribution in [0.4, 0.5) is 0 Å². The van der Waals surface area contributed by atoms with E-state index in [-0.39, 0.29) is 11.0 Å². The van der Waals surface area contributed by atoms with Crippen molar-refractivity contribution in [1.82, 2.24) is 5.32 Å². The maximum atomic E-state index is 5.93. The smallest absolute Gasteiger partial charge is 0.161 e. The van der Waals surface area contributed by atoms with E-state index in [1.807, 2.05) is 36.4 Å². The van der Waals surface area contributed by atoms with E-state index < -0.39 is 0 Å². The van der Waals surface area contributed by atoms with E-state index in [1.54, 1.807) is 7.11 Å². The van der Waals surface area contributed by atoms with Gasteiger partial charge in [0.1, 0.15) is 6.61 Å². The van der Waals surface area contributed by atoms with Gasteiger partial charge in [0, 0.05) is 17.1 Å². The molecule has 148 valence electrons. The third kappa shape index (κ3) is 7.43. The van der Waals surface area contributed by atoms with Crippen LogP contribution in [0.1, 0.15) is 52.2 Å². The molecule has 2 aromatic carbocycles. The highest BCUT2D eigenvalue weighted by Crippen LogP contribution is 2.30. The molecule has 0 saturated heterocycles. The summed E-state index contributed by atoms with van der Waals surface area (Å²) in [5.41, 5.74) is 2.59. The van der Waals surface area contributed by atoms with Crippen LogP contribution in [0, 0.1) is 5.41 Å². The Morgan fingerprint density at radius 2 is 1.52 bits per heavy atom. The lowest BCUT2D eigenvalue weighted by Gasteiger charge is -2.33. The molecular weight excluding hydrogens is 358 g/mol. The number of methoxy groups -OCH3 is 1. The molecule has 0 aromatic heterocycles. The molecule has 0 bridgehead atoms. The van der Waals surface area contributed by atoms with E-state index in [0.29, 0.717) is 6.61 Å². The van der Waals surface area contributed by atoms with Crippen LogP contribution >= 0.6 is 11.6 Å². The van der Waals surface area contributed by atoms with Crippen molar-refractivity contribution in [2.75, 3.05) is 7.11 Å². The molecule has 0 amide bonds. The first-order chi connectivity index (χ1) is 12.6. The zero-order valence-corrected chi connectivity index (χ0v) is 18.1. The van der Waals surface area contributed by atoms with Crippen LogP contribution in [0.15, 0.2) is 42.5 Å². The Morgan fingerprint density at radius 3 is 2.11 bits per heavy atom. The third-order valence-corrected chi connectivity index (χ3v) is 4.53. The molecule has 0 saturated carbocycles. The zero-order valence-electron chi connectivity index (χ0n) is 17.4. The van der Waals surface area contributed by atoms with Crippen LogP contribution in [-0.4, -0.2) is 12.6 Å². The average Bonchev–Trinajstić information content (AvgIpc) is 2.58. The van der Waals surface area contributed by atoms with E-state index in [4.69, 9.17) is 21.1 Å². The molecule has 1 N–H and O–H groups in total. The van der Waals surface area contributed by atoms with Gasteiger partial charge in [-0.25, -0.2) is 0 Å². The highest BCUT2D eigenvalue weighted by molar-refractivity contribution is 6.30. The first-order valence-corrected chi connectivity index (χ1v) is 9.75. The number of halogens is 1. The molecule has 27 heavy (non-hydrogen) atoms. The van der Waals surface area contributed by atoms with Crippen molar-refractivity contribution < 1.29 is 9.47 Å². The van der Waals surface area contributed by atoms with Crippen LogP contribution < -0.4 is 14.8 Å². The highest BCUT2D eigenvalue weighted by atomic mass is 35.5. The highest BCUT2D eigenvalue weighted by Gasteiger charge is 2.24. The summed E-state index contributed by atoms with van der Waals surface area (Å²) in [7, 11) is 1.67. The predicted octanol–water partition coefficient (Wildman–Crippen LogP) is 6.23. The number of benzene rings is 2. The summed E-state index contributed by atoms with van der Waals surface area (Å²) < 4.78 is 11.5. The molecule has 2 aromatic rings. The molecule has 0 radical (unpaired) electrons. The van der Waals surface area contributed by atoms with Gasteiger partial charge in [0.05, 0.1) is 7.11 Å². The SMILES string of the molecule is COc1cc(CNC(C)(C)CC(C)(C)C)ccc1OCc1ccc(Cl)cc1. The summed E-state index contributed by atoms with van der Waals surface area (Å²) in [6.07, 6.45) is 1.10. The van der Waals surface area contributed by atoms with Gasteiger partial charge < -0.3 is 14.8 Å². The fraction of sp³-hybridized carbons (Fsp3) is 0.478. The maximum Gasteiger partial charge on any atom is 0.161 e. The van der Waals surface area contributed by atoms with Crippen molar-refractivity contribution in [3.05, 3.63) is 58.6 Å². The third-order valence-electron chi connectivity index (χ3n) is 4.28. The Kier molecular flexibility index (Phi) is 7.19. The number of nitrogens with one attached hydrogen (secondary N) is 1. The average molecular weight is 390 g/mol. The van der Waals surface area contributed by atoms with Crippen LogP contribution in [-0.2, 0) is 13.2 Å². The van der Waals surface area contributed by atoms with Crippen molar-refractivity contribution in [2.24, 2.45) is 5.41 Å². The lowest BCUT2D eigenvalue weighted by Crippen LogP contribution is -2.41. The van der Waals surface area contributed by atoms with Crippen molar-refractivity contribution in [2.45, 2.75) is 59.7 Å². The van der Waals surface area contributed by atoms with Crippen LogP contribution in [0.5, 0.6) is 11.5 Å². The van der Waals surface area contributed by atoms with Gasteiger partial charge in [-0.3, -0.25) is 0 Å². The van der Waals surface area contributed by atoms with Crippen molar-refractivity contribution >= 4 is 11.6 Å². The molecule has 0 atom stereocenters. The summed E-state index contributed by atoms with van der Waals surface area (Å²) in [4.78, 5) is 0. The number of hydrogen-bond acceptors (Lipinski definition) is 3. The molecular formula is C23H32ClNO2. The lowest BCUT2D eigenvalue weighted by atomic mass is 9.82.